The van der Waals surface area contributed by atoms with E-state index >= 15 is 0 Å². The zero-order valence-corrected chi connectivity index (χ0v) is 6.73. The van der Waals surface area contributed by atoms with E-state index in [4.69, 9.17) is 9.94 Å². The van der Waals surface area contributed by atoms with Crippen LogP contribution in [0.1, 0.15) is 10.4 Å². The van der Waals surface area contributed by atoms with Crippen LogP contribution in [0, 0.1) is 0 Å². The molecule has 0 saturated carbocycles. The lowest BCUT2D eigenvalue weighted by Gasteiger charge is -2.15. The van der Waals surface area contributed by atoms with Gasteiger partial charge in [-0.05, 0) is 12.1 Å². The Labute approximate surface area is 74.4 Å². The monoisotopic (exact) mass is 177 g/mol. The highest BCUT2D eigenvalue weighted by atomic mass is 16.5. The first-order valence-corrected chi connectivity index (χ1v) is 3.80. The van der Waals surface area contributed by atoms with Gasteiger partial charge < -0.3 is 9.94 Å². The molecule has 1 heterocycles. The summed E-state index contributed by atoms with van der Waals surface area (Å²) in [7, 11) is 0. The zero-order valence-electron chi connectivity index (χ0n) is 6.73. The molecule has 2 rings (SSSR count). The molecule has 1 aliphatic rings. The maximum absolute atomic E-state index is 11.5. The summed E-state index contributed by atoms with van der Waals surface area (Å²) in [6.45, 7) is 0.0341. The van der Waals surface area contributed by atoms with Gasteiger partial charge in [0.15, 0.2) is 5.71 Å². The van der Waals surface area contributed by atoms with Crippen molar-refractivity contribution in [3.05, 3.63) is 29.8 Å². The number of rotatable bonds is 0. The van der Waals surface area contributed by atoms with Crippen LogP contribution >= 0.6 is 0 Å². The lowest BCUT2D eigenvalue weighted by molar-refractivity contribution is 0.104. The van der Waals surface area contributed by atoms with Crippen LogP contribution in [0.25, 0.3) is 0 Å². The lowest BCUT2D eigenvalue weighted by atomic mass is 10.0. The lowest BCUT2D eigenvalue weighted by Crippen LogP contribution is -2.27. The highest BCUT2D eigenvalue weighted by Crippen LogP contribution is 2.22. The van der Waals surface area contributed by atoms with E-state index in [1.807, 2.05) is 0 Å². The second-order valence-electron chi connectivity index (χ2n) is 2.66. The number of oxime groups is 1. The Balaban J connectivity index is 2.51. The minimum absolute atomic E-state index is 0.0341. The molecule has 1 aromatic rings. The Bertz CT molecular complexity index is 384. The molecule has 0 aromatic heterocycles. The summed E-state index contributed by atoms with van der Waals surface area (Å²) in [6, 6.07) is 6.87. The quantitative estimate of drug-likeness (QED) is 0.476. The van der Waals surface area contributed by atoms with Crippen molar-refractivity contribution in [2.24, 2.45) is 5.16 Å². The van der Waals surface area contributed by atoms with Crippen molar-refractivity contribution in [1.82, 2.24) is 0 Å². The summed E-state index contributed by atoms with van der Waals surface area (Å²) in [6.07, 6.45) is 0. The molecule has 0 amide bonds. The Hall–Kier alpha value is -1.84. The van der Waals surface area contributed by atoms with Crippen molar-refractivity contribution in [3.63, 3.8) is 0 Å². The van der Waals surface area contributed by atoms with E-state index < -0.39 is 0 Å². The molecule has 0 aliphatic carbocycles. The zero-order chi connectivity index (χ0) is 9.26. The van der Waals surface area contributed by atoms with Crippen molar-refractivity contribution >= 4 is 11.5 Å². The van der Waals surface area contributed by atoms with Crippen LogP contribution in [0.2, 0.25) is 0 Å². The van der Waals surface area contributed by atoms with Gasteiger partial charge in [0.25, 0.3) is 0 Å². The van der Waals surface area contributed by atoms with Gasteiger partial charge in [0.1, 0.15) is 12.4 Å². The number of carbonyl (C=O) groups is 1. The predicted octanol–water partition coefficient (Wildman–Crippen LogP) is 1.09. The molecule has 66 valence electrons. The normalized spacial score (nSPS) is 18.2. The number of Topliss-reactive ketones (excluding diaryl/α,β-unsaturated/α-hetero) is 1. The first-order valence-electron chi connectivity index (χ1n) is 3.80. The first kappa shape index (κ1) is 7.79. The number of ether oxygens (including phenoxy) is 1. The highest BCUT2D eigenvalue weighted by molar-refractivity contribution is 6.47. The topological polar surface area (TPSA) is 58.9 Å². The summed E-state index contributed by atoms with van der Waals surface area (Å²) in [5, 5.41) is 11.3. The number of para-hydroxylation sites is 1. The van der Waals surface area contributed by atoms with Crippen LogP contribution < -0.4 is 4.74 Å². The third kappa shape index (κ3) is 1.16. The van der Waals surface area contributed by atoms with Crippen molar-refractivity contribution < 1.29 is 14.7 Å². The molecule has 0 bridgehead atoms. The number of carbonyl (C=O) groups excluding carboxylic acids is 1. The van der Waals surface area contributed by atoms with Gasteiger partial charge in [0, 0.05) is 0 Å². The molecule has 0 unspecified atom stereocenters. The highest BCUT2D eigenvalue weighted by Gasteiger charge is 2.24. The minimum Gasteiger partial charge on any atom is -0.486 e. The fourth-order valence-corrected chi connectivity index (χ4v) is 1.22. The van der Waals surface area contributed by atoms with E-state index in [1.54, 1.807) is 24.3 Å². The molecule has 4 heteroatoms. The molecule has 0 atom stereocenters. The number of hydrogen-bond acceptors (Lipinski definition) is 4. The van der Waals surface area contributed by atoms with Crippen LogP contribution in [0.3, 0.4) is 0 Å². The van der Waals surface area contributed by atoms with Crippen molar-refractivity contribution in [2.45, 2.75) is 0 Å². The van der Waals surface area contributed by atoms with E-state index in [1.165, 1.54) is 0 Å². The van der Waals surface area contributed by atoms with E-state index in [-0.39, 0.29) is 18.1 Å². The molecule has 1 aliphatic heterocycles. The number of ketones is 1. The van der Waals surface area contributed by atoms with Crippen LogP contribution in [0.5, 0.6) is 5.75 Å². The van der Waals surface area contributed by atoms with Gasteiger partial charge in [0.2, 0.25) is 5.78 Å². The molecule has 13 heavy (non-hydrogen) atoms. The van der Waals surface area contributed by atoms with E-state index in [0.717, 1.165) is 0 Å². The summed E-state index contributed by atoms with van der Waals surface area (Å²) >= 11 is 0. The van der Waals surface area contributed by atoms with Gasteiger partial charge >= 0.3 is 0 Å². The summed E-state index contributed by atoms with van der Waals surface area (Å²) in [5.74, 6) is 0.268. The average molecular weight is 177 g/mol. The maximum Gasteiger partial charge on any atom is 0.217 e. The molecule has 0 fully saturated rings. The third-order valence-corrected chi connectivity index (χ3v) is 1.88. The van der Waals surface area contributed by atoms with Crippen LogP contribution in [0.4, 0.5) is 0 Å². The van der Waals surface area contributed by atoms with E-state index in [9.17, 15) is 4.79 Å². The predicted molar refractivity (Wildman–Crippen MR) is 45.5 cm³/mol. The van der Waals surface area contributed by atoms with Crippen LogP contribution in [-0.4, -0.2) is 23.3 Å². The van der Waals surface area contributed by atoms with Gasteiger partial charge in [-0.25, -0.2) is 0 Å². The fraction of sp³-hybridized carbons (Fsp3) is 0.111. The number of nitrogens with zero attached hydrogens (tertiary/aromatic N) is 1. The van der Waals surface area contributed by atoms with Gasteiger partial charge in [-0.1, -0.05) is 17.3 Å². The van der Waals surface area contributed by atoms with Gasteiger partial charge in [-0.3, -0.25) is 4.79 Å². The van der Waals surface area contributed by atoms with E-state index in [0.29, 0.717) is 11.3 Å². The van der Waals surface area contributed by atoms with Crippen molar-refractivity contribution in [3.8, 4) is 5.75 Å². The molecule has 0 spiro atoms. The van der Waals surface area contributed by atoms with E-state index in [2.05, 4.69) is 5.16 Å². The second-order valence-corrected chi connectivity index (χ2v) is 2.66. The summed E-state index contributed by atoms with van der Waals surface area (Å²) in [4.78, 5) is 11.5. The number of benzene rings is 1. The number of fused-ring (bicyclic) bond motifs is 1. The van der Waals surface area contributed by atoms with Gasteiger partial charge in [-0.2, -0.15) is 0 Å². The van der Waals surface area contributed by atoms with Gasteiger partial charge in [0.05, 0.1) is 5.56 Å². The Morgan fingerprint density at radius 2 is 2.15 bits per heavy atom. The maximum atomic E-state index is 11.5. The van der Waals surface area contributed by atoms with Crippen LogP contribution in [-0.2, 0) is 0 Å². The fourth-order valence-electron chi connectivity index (χ4n) is 1.22. The SMILES string of the molecule is O=C1/C(=N\O)COc2ccccc21. The number of hydrogen-bond donors (Lipinski definition) is 1. The summed E-state index contributed by atoms with van der Waals surface area (Å²) < 4.78 is 5.19. The summed E-state index contributed by atoms with van der Waals surface area (Å²) in [5.41, 5.74) is 0.486. The molecule has 0 saturated heterocycles. The largest absolute Gasteiger partial charge is 0.486 e. The Kier molecular flexibility index (Phi) is 1.73. The molecule has 1 aromatic carbocycles. The van der Waals surface area contributed by atoms with Crippen molar-refractivity contribution in [1.29, 1.82) is 0 Å². The average Bonchev–Trinajstić information content (AvgIpc) is 2.19. The van der Waals surface area contributed by atoms with Crippen LogP contribution in [0.15, 0.2) is 29.4 Å². The first-order chi connectivity index (χ1) is 6.33. The molecular weight excluding hydrogens is 170 g/mol. The smallest absolute Gasteiger partial charge is 0.217 e. The second kappa shape index (κ2) is 2.90. The van der Waals surface area contributed by atoms with Gasteiger partial charge in [-0.15, -0.1) is 0 Å². The molecule has 0 radical (unpaired) electrons. The Morgan fingerprint density at radius 3 is 2.92 bits per heavy atom. The third-order valence-electron chi connectivity index (χ3n) is 1.88. The molecular formula is C9H7NO3. The molecule has 1 N–H and O–H groups in total. The Morgan fingerprint density at radius 1 is 1.38 bits per heavy atom. The molecule has 4 nitrogen and oxygen atoms in total. The van der Waals surface area contributed by atoms with Crippen molar-refractivity contribution in [2.75, 3.05) is 6.61 Å². The minimum atomic E-state index is -0.274. The standard InChI is InChI=1S/C9H7NO3/c11-9-6-3-1-2-4-8(6)13-5-7(9)10-12/h1-4,12H,5H2/b10-7-.